The Morgan fingerprint density at radius 2 is 2.10 bits per heavy atom. The Bertz CT molecular complexity index is 496. The summed E-state index contributed by atoms with van der Waals surface area (Å²) in [6.07, 6.45) is 8.20. The van der Waals surface area contributed by atoms with Gasteiger partial charge in [-0.15, -0.1) is 0 Å². The minimum absolute atomic E-state index is 0.194. The fourth-order valence-corrected chi connectivity index (χ4v) is 3.22. The maximum atomic E-state index is 11.1. The van der Waals surface area contributed by atoms with E-state index in [1.807, 2.05) is 0 Å². The molecule has 1 unspecified atom stereocenters. The zero-order valence-electron chi connectivity index (χ0n) is 12.3. The Morgan fingerprint density at radius 3 is 2.70 bits per heavy atom. The molecule has 1 aliphatic carbocycles. The topological polar surface area (TPSA) is 82.0 Å². The number of pyridine rings is 1. The van der Waals surface area contributed by atoms with Gasteiger partial charge in [0.25, 0.3) is 5.69 Å². The molecule has 0 aliphatic heterocycles. The Kier molecular flexibility index (Phi) is 4.70. The van der Waals surface area contributed by atoms with Crippen LogP contribution in [0, 0.1) is 29.9 Å². The number of nitrogens with two attached hydrogens (primary N) is 1. The van der Waals surface area contributed by atoms with Crippen LogP contribution in [0.3, 0.4) is 0 Å². The van der Waals surface area contributed by atoms with Crippen LogP contribution < -0.4 is 5.73 Å². The standard InChI is InChI=1S/C15H23N3O2/c1-10-9-17-14(11(2)15(10)18(19)20)8-7-13(16)12-5-3-4-6-12/h9,12-13H,3-8,16H2,1-2H3. The lowest BCUT2D eigenvalue weighted by Gasteiger charge is -2.18. The first-order valence-electron chi connectivity index (χ1n) is 7.35. The number of hydrogen-bond acceptors (Lipinski definition) is 4. The molecule has 0 radical (unpaired) electrons. The summed E-state index contributed by atoms with van der Waals surface area (Å²) in [4.78, 5) is 15.1. The molecule has 110 valence electrons. The predicted molar refractivity (Wildman–Crippen MR) is 78.6 cm³/mol. The molecular weight excluding hydrogens is 254 g/mol. The van der Waals surface area contributed by atoms with Crippen molar-refractivity contribution >= 4 is 5.69 Å². The van der Waals surface area contributed by atoms with E-state index in [4.69, 9.17) is 5.73 Å². The molecule has 20 heavy (non-hydrogen) atoms. The highest BCUT2D eigenvalue weighted by atomic mass is 16.6. The van der Waals surface area contributed by atoms with Crippen LogP contribution in [0.25, 0.3) is 0 Å². The number of rotatable bonds is 5. The van der Waals surface area contributed by atoms with Gasteiger partial charge in [0.2, 0.25) is 0 Å². The number of nitro groups is 1. The Balaban J connectivity index is 2.06. The molecule has 1 saturated carbocycles. The van der Waals surface area contributed by atoms with E-state index in [2.05, 4.69) is 4.98 Å². The van der Waals surface area contributed by atoms with Gasteiger partial charge in [0.05, 0.1) is 10.6 Å². The van der Waals surface area contributed by atoms with E-state index in [0.717, 1.165) is 18.5 Å². The van der Waals surface area contributed by atoms with Crippen molar-refractivity contribution in [2.75, 3.05) is 0 Å². The Morgan fingerprint density at radius 1 is 1.45 bits per heavy atom. The van der Waals surface area contributed by atoms with Gasteiger partial charge in [-0.1, -0.05) is 12.8 Å². The lowest BCUT2D eigenvalue weighted by Crippen LogP contribution is -2.29. The maximum Gasteiger partial charge on any atom is 0.278 e. The zero-order valence-corrected chi connectivity index (χ0v) is 12.3. The van der Waals surface area contributed by atoms with Crippen LogP contribution in [0.1, 0.15) is 48.9 Å². The number of nitrogens with zero attached hydrogens (tertiary/aromatic N) is 2. The highest BCUT2D eigenvalue weighted by molar-refractivity contribution is 5.47. The minimum atomic E-state index is -0.313. The largest absolute Gasteiger partial charge is 0.327 e. The second-order valence-corrected chi connectivity index (χ2v) is 5.87. The van der Waals surface area contributed by atoms with Crippen molar-refractivity contribution in [3.63, 3.8) is 0 Å². The molecule has 1 heterocycles. The van der Waals surface area contributed by atoms with E-state index in [9.17, 15) is 10.1 Å². The molecule has 0 spiro atoms. The fraction of sp³-hybridized carbons (Fsp3) is 0.667. The molecule has 1 fully saturated rings. The predicted octanol–water partition coefficient (Wildman–Crippen LogP) is 3.06. The van der Waals surface area contributed by atoms with E-state index in [-0.39, 0.29) is 16.7 Å². The van der Waals surface area contributed by atoms with Gasteiger partial charge in [-0.3, -0.25) is 15.1 Å². The maximum absolute atomic E-state index is 11.1. The number of aromatic nitrogens is 1. The molecule has 5 heteroatoms. The summed E-state index contributed by atoms with van der Waals surface area (Å²) in [5.74, 6) is 0.621. The quantitative estimate of drug-likeness (QED) is 0.662. The van der Waals surface area contributed by atoms with Crippen molar-refractivity contribution in [1.29, 1.82) is 0 Å². The van der Waals surface area contributed by atoms with Gasteiger partial charge in [-0.25, -0.2) is 0 Å². The molecule has 0 amide bonds. The van der Waals surface area contributed by atoms with Crippen LogP contribution in [-0.2, 0) is 6.42 Å². The lowest BCUT2D eigenvalue weighted by atomic mass is 9.93. The third kappa shape index (κ3) is 3.15. The molecule has 0 aromatic carbocycles. The molecule has 1 aliphatic rings. The number of aryl methyl sites for hydroxylation is 2. The molecule has 2 rings (SSSR count). The van der Waals surface area contributed by atoms with E-state index >= 15 is 0 Å². The molecule has 0 bridgehead atoms. The third-order valence-electron chi connectivity index (χ3n) is 4.48. The minimum Gasteiger partial charge on any atom is -0.327 e. The van der Waals surface area contributed by atoms with Gasteiger partial charge in [0.1, 0.15) is 0 Å². The van der Waals surface area contributed by atoms with Crippen LogP contribution >= 0.6 is 0 Å². The van der Waals surface area contributed by atoms with Crippen molar-refractivity contribution in [2.45, 2.75) is 58.4 Å². The second kappa shape index (κ2) is 6.31. The molecular formula is C15H23N3O2. The Hall–Kier alpha value is -1.49. The van der Waals surface area contributed by atoms with Gasteiger partial charge in [0, 0.05) is 23.4 Å². The molecule has 5 nitrogen and oxygen atoms in total. The molecule has 1 aromatic rings. The fourth-order valence-electron chi connectivity index (χ4n) is 3.22. The summed E-state index contributed by atoms with van der Waals surface area (Å²) in [7, 11) is 0. The lowest BCUT2D eigenvalue weighted by molar-refractivity contribution is -0.386. The summed E-state index contributed by atoms with van der Waals surface area (Å²) < 4.78 is 0. The van der Waals surface area contributed by atoms with Crippen LogP contribution in [0.2, 0.25) is 0 Å². The number of hydrogen-bond donors (Lipinski definition) is 1. The third-order valence-corrected chi connectivity index (χ3v) is 4.48. The first kappa shape index (κ1) is 14.9. The summed E-state index contributed by atoms with van der Waals surface area (Å²) in [6.45, 7) is 3.51. The van der Waals surface area contributed by atoms with E-state index < -0.39 is 0 Å². The molecule has 1 aromatic heterocycles. The highest BCUT2D eigenvalue weighted by Crippen LogP contribution is 2.29. The molecule has 1 atom stereocenters. The highest BCUT2D eigenvalue weighted by Gasteiger charge is 2.23. The van der Waals surface area contributed by atoms with Crippen LogP contribution in [-0.4, -0.2) is 15.9 Å². The average molecular weight is 277 g/mol. The zero-order chi connectivity index (χ0) is 14.7. The first-order valence-corrected chi connectivity index (χ1v) is 7.35. The van der Waals surface area contributed by atoms with E-state index in [1.54, 1.807) is 20.0 Å². The van der Waals surface area contributed by atoms with Crippen molar-refractivity contribution < 1.29 is 4.92 Å². The van der Waals surface area contributed by atoms with Crippen LogP contribution in [0.5, 0.6) is 0 Å². The van der Waals surface area contributed by atoms with Gasteiger partial charge in [-0.05, 0) is 45.4 Å². The van der Waals surface area contributed by atoms with E-state index in [0.29, 0.717) is 17.0 Å². The summed E-state index contributed by atoms with van der Waals surface area (Å²) in [5, 5.41) is 11.1. The van der Waals surface area contributed by atoms with E-state index in [1.165, 1.54) is 25.7 Å². The SMILES string of the molecule is Cc1cnc(CCC(N)C2CCCC2)c(C)c1[N+](=O)[O-]. The molecule has 0 saturated heterocycles. The van der Waals surface area contributed by atoms with Crippen molar-refractivity contribution in [3.05, 3.63) is 33.1 Å². The monoisotopic (exact) mass is 277 g/mol. The van der Waals surface area contributed by atoms with Crippen molar-refractivity contribution in [1.82, 2.24) is 4.98 Å². The second-order valence-electron chi connectivity index (χ2n) is 5.87. The van der Waals surface area contributed by atoms with Gasteiger partial charge in [-0.2, -0.15) is 0 Å². The van der Waals surface area contributed by atoms with Crippen molar-refractivity contribution in [3.8, 4) is 0 Å². The van der Waals surface area contributed by atoms with Crippen molar-refractivity contribution in [2.24, 2.45) is 11.7 Å². The smallest absolute Gasteiger partial charge is 0.278 e. The summed E-state index contributed by atoms with van der Waals surface area (Å²) >= 11 is 0. The van der Waals surface area contributed by atoms with Gasteiger partial charge >= 0.3 is 0 Å². The summed E-state index contributed by atoms with van der Waals surface area (Å²) in [5.41, 5.74) is 8.57. The van der Waals surface area contributed by atoms with Gasteiger partial charge in [0.15, 0.2) is 0 Å². The first-order chi connectivity index (χ1) is 9.50. The van der Waals surface area contributed by atoms with Gasteiger partial charge < -0.3 is 5.73 Å². The molecule has 2 N–H and O–H groups in total. The summed E-state index contributed by atoms with van der Waals surface area (Å²) in [6, 6.07) is 0.194. The van der Waals surface area contributed by atoms with Crippen LogP contribution in [0.4, 0.5) is 5.69 Å². The Labute approximate surface area is 119 Å². The normalized spacial score (nSPS) is 17.4. The average Bonchev–Trinajstić information content (AvgIpc) is 2.91. The van der Waals surface area contributed by atoms with Crippen LogP contribution in [0.15, 0.2) is 6.20 Å².